The van der Waals surface area contributed by atoms with E-state index >= 15 is 0 Å². The summed E-state index contributed by atoms with van der Waals surface area (Å²) >= 11 is 5.80. The van der Waals surface area contributed by atoms with Gasteiger partial charge in [0.2, 0.25) is 5.95 Å². The highest BCUT2D eigenvalue weighted by atomic mass is 32.1. The summed E-state index contributed by atoms with van der Waals surface area (Å²) in [5.74, 6) is 3.35. The van der Waals surface area contributed by atoms with Gasteiger partial charge in [-0.05, 0) is 73.1 Å². The predicted octanol–water partition coefficient (Wildman–Crippen LogP) is 5.46. The second kappa shape index (κ2) is 13.6. The molecule has 3 aliphatic rings. The third-order valence-corrected chi connectivity index (χ3v) is 9.58. The number of rotatable bonds is 7. The van der Waals surface area contributed by atoms with E-state index in [9.17, 15) is 4.39 Å². The minimum atomic E-state index is -0.229. The van der Waals surface area contributed by atoms with Crippen molar-refractivity contribution in [3.63, 3.8) is 0 Å². The van der Waals surface area contributed by atoms with Crippen molar-refractivity contribution in [2.75, 3.05) is 79.0 Å². The number of halogens is 1. The summed E-state index contributed by atoms with van der Waals surface area (Å²) in [4.78, 5) is 17.1. The Balaban J connectivity index is 1.19. The van der Waals surface area contributed by atoms with E-state index in [1.165, 1.54) is 24.2 Å². The van der Waals surface area contributed by atoms with E-state index in [1.54, 1.807) is 0 Å². The molecule has 0 spiro atoms. The molecule has 2 atom stereocenters. The maximum absolute atomic E-state index is 13.7. The molecule has 10 heteroatoms. The summed E-state index contributed by atoms with van der Waals surface area (Å²) in [6.45, 7) is 12.2. The topological polar surface area (TPSA) is 68.8 Å². The fraction of sp³-hybridized carbons (Fsp3) is 0.500. The number of nitrogens with zero attached hydrogens (tertiary/aromatic N) is 5. The van der Waals surface area contributed by atoms with Gasteiger partial charge in [-0.25, -0.2) is 4.39 Å². The normalized spacial score (nSPS) is 22.0. The Morgan fingerprint density at radius 3 is 2.16 bits per heavy atom. The van der Waals surface area contributed by atoms with Crippen LogP contribution in [0.4, 0.5) is 27.7 Å². The molecule has 6 rings (SSSR count). The Morgan fingerprint density at radius 2 is 1.50 bits per heavy atom. The molecule has 3 aromatic rings. The number of hydrogen-bond donors (Lipinski definition) is 2. The van der Waals surface area contributed by atoms with Gasteiger partial charge in [-0.2, -0.15) is 9.97 Å². The average Bonchev–Trinajstić information content (AvgIpc) is 3.04. The lowest BCUT2D eigenvalue weighted by Gasteiger charge is -2.39. The van der Waals surface area contributed by atoms with Crippen LogP contribution in [0, 0.1) is 17.7 Å². The van der Waals surface area contributed by atoms with E-state index in [1.807, 2.05) is 12.1 Å². The third-order valence-electron chi connectivity index (χ3n) is 9.34. The summed E-state index contributed by atoms with van der Waals surface area (Å²) in [6.07, 6.45) is 2.91. The van der Waals surface area contributed by atoms with Crippen molar-refractivity contribution in [1.29, 1.82) is 0 Å². The van der Waals surface area contributed by atoms with E-state index < -0.39 is 0 Å². The lowest BCUT2D eigenvalue weighted by molar-refractivity contribution is 0.0515. The van der Waals surface area contributed by atoms with Crippen molar-refractivity contribution in [3.05, 3.63) is 72.0 Å². The van der Waals surface area contributed by atoms with Gasteiger partial charge in [0.25, 0.3) is 0 Å². The highest BCUT2D eigenvalue weighted by molar-refractivity contribution is 7.80. The van der Waals surface area contributed by atoms with Crippen molar-refractivity contribution in [3.8, 4) is 0 Å². The van der Waals surface area contributed by atoms with Crippen LogP contribution in [0.1, 0.15) is 38.7 Å². The zero-order valence-corrected chi connectivity index (χ0v) is 26.7. The summed E-state index contributed by atoms with van der Waals surface area (Å²) < 4.78 is 19.4. The molecule has 2 unspecified atom stereocenters. The Hall–Kier alpha value is -3.50. The summed E-state index contributed by atoms with van der Waals surface area (Å²) in [7, 11) is 0. The molecule has 2 aromatic carbocycles. The van der Waals surface area contributed by atoms with E-state index in [0.717, 1.165) is 69.3 Å². The summed E-state index contributed by atoms with van der Waals surface area (Å²) in [6, 6.07) is 19.6. The maximum atomic E-state index is 13.7. The molecule has 2 N–H and O–H groups in total. The molecule has 3 fully saturated rings. The lowest BCUT2D eigenvalue weighted by atomic mass is 9.74. The van der Waals surface area contributed by atoms with E-state index in [2.05, 4.69) is 75.6 Å². The van der Waals surface area contributed by atoms with Gasteiger partial charge < -0.3 is 30.1 Å². The fourth-order valence-corrected chi connectivity index (χ4v) is 7.18. The van der Waals surface area contributed by atoms with Crippen molar-refractivity contribution < 1.29 is 9.13 Å². The number of ether oxygens (including phenoxy) is 1. The Bertz CT molecular complexity index is 1380. The summed E-state index contributed by atoms with van der Waals surface area (Å²) in [5.41, 5.74) is 2.17. The largest absolute Gasteiger partial charge is 0.381 e. The quantitative estimate of drug-likeness (QED) is 0.337. The lowest BCUT2D eigenvalue weighted by Crippen LogP contribution is -2.47. The van der Waals surface area contributed by atoms with Crippen LogP contribution < -0.4 is 25.3 Å². The van der Waals surface area contributed by atoms with Gasteiger partial charge in [0.05, 0.1) is 0 Å². The SMILES string of the molecule is CC1CC(C)CN(c2cc(N3CCN(c4ccccc4)CC3)nc(NC(=S)NCC3(c4ccc(F)cc4)CCOCC3)n2)C1. The van der Waals surface area contributed by atoms with Crippen LogP contribution in [0.5, 0.6) is 0 Å². The standard InChI is InChI=1S/C34H44FN7OS/c1-25-20-26(2)23-42(22-25)31-21-30(41-16-14-40(15-17-41)29-6-4-3-5-7-29)37-32(38-31)39-33(44)36-24-34(12-18-43-19-13-34)27-8-10-28(35)11-9-27/h3-11,21,25-26H,12-20,22-24H2,1-2H3,(H2,36,37,38,39,44). The molecule has 8 nitrogen and oxygen atoms in total. The molecular formula is C34H44FN7OS. The smallest absolute Gasteiger partial charge is 0.232 e. The van der Waals surface area contributed by atoms with Crippen LogP contribution in [0.25, 0.3) is 0 Å². The van der Waals surface area contributed by atoms with Gasteiger partial charge in [0.1, 0.15) is 17.5 Å². The second-order valence-corrected chi connectivity index (χ2v) is 13.2. The molecule has 4 heterocycles. The number of piperazine rings is 1. The maximum Gasteiger partial charge on any atom is 0.232 e. The van der Waals surface area contributed by atoms with Gasteiger partial charge in [-0.15, -0.1) is 0 Å². The molecule has 0 radical (unpaired) electrons. The van der Waals surface area contributed by atoms with Crippen molar-refractivity contribution >= 4 is 40.6 Å². The van der Waals surface area contributed by atoms with Crippen LogP contribution in [0.15, 0.2) is 60.7 Å². The molecule has 234 valence electrons. The number of hydrogen-bond acceptors (Lipinski definition) is 7. The predicted molar refractivity (Wildman–Crippen MR) is 180 cm³/mol. The highest BCUT2D eigenvalue weighted by Crippen LogP contribution is 2.35. The molecule has 0 aliphatic carbocycles. The number of benzene rings is 2. The first-order valence-corrected chi connectivity index (χ1v) is 16.4. The van der Waals surface area contributed by atoms with Crippen LogP contribution in [0.2, 0.25) is 0 Å². The highest BCUT2D eigenvalue weighted by Gasteiger charge is 2.35. The first-order valence-electron chi connectivity index (χ1n) is 15.9. The van der Waals surface area contributed by atoms with Crippen LogP contribution in [-0.4, -0.2) is 74.1 Å². The van der Waals surface area contributed by atoms with Gasteiger partial charge in [-0.3, -0.25) is 0 Å². The van der Waals surface area contributed by atoms with Crippen LogP contribution >= 0.6 is 12.2 Å². The number of aromatic nitrogens is 2. The second-order valence-electron chi connectivity index (χ2n) is 12.8. The Morgan fingerprint density at radius 1 is 0.886 bits per heavy atom. The molecule has 3 saturated heterocycles. The van der Waals surface area contributed by atoms with Crippen molar-refractivity contribution in [2.24, 2.45) is 11.8 Å². The molecule has 1 aromatic heterocycles. The average molecular weight is 618 g/mol. The van der Waals surface area contributed by atoms with Crippen LogP contribution in [0.3, 0.4) is 0 Å². The first-order chi connectivity index (χ1) is 21.4. The Kier molecular flexibility index (Phi) is 9.47. The van der Waals surface area contributed by atoms with E-state index in [-0.39, 0.29) is 11.2 Å². The number of thiocarbonyl (C=S) groups is 1. The molecule has 3 aliphatic heterocycles. The van der Waals surface area contributed by atoms with Gasteiger partial charge in [-0.1, -0.05) is 44.2 Å². The Labute approximate surface area is 266 Å². The molecule has 0 saturated carbocycles. The van der Waals surface area contributed by atoms with Crippen molar-refractivity contribution in [2.45, 2.75) is 38.5 Å². The number of piperidine rings is 1. The number of anilines is 4. The van der Waals surface area contributed by atoms with Crippen LogP contribution in [-0.2, 0) is 10.2 Å². The number of nitrogens with one attached hydrogen (secondary N) is 2. The zero-order valence-electron chi connectivity index (χ0n) is 25.8. The monoisotopic (exact) mass is 617 g/mol. The fourth-order valence-electron chi connectivity index (χ4n) is 7.01. The molecule has 44 heavy (non-hydrogen) atoms. The zero-order chi connectivity index (χ0) is 30.5. The number of para-hydroxylation sites is 1. The third kappa shape index (κ3) is 7.24. The van der Waals surface area contributed by atoms with Gasteiger partial charge in [0, 0.05) is 76.2 Å². The van der Waals surface area contributed by atoms with E-state index in [0.29, 0.717) is 42.7 Å². The van der Waals surface area contributed by atoms with Crippen molar-refractivity contribution in [1.82, 2.24) is 15.3 Å². The molecular weight excluding hydrogens is 573 g/mol. The van der Waals surface area contributed by atoms with Gasteiger partial charge >= 0.3 is 0 Å². The summed E-state index contributed by atoms with van der Waals surface area (Å²) in [5, 5.41) is 7.25. The minimum absolute atomic E-state index is 0.190. The van der Waals surface area contributed by atoms with Gasteiger partial charge in [0.15, 0.2) is 5.11 Å². The molecule has 0 amide bonds. The first kappa shape index (κ1) is 30.5. The van der Waals surface area contributed by atoms with E-state index in [4.69, 9.17) is 26.9 Å². The minimum Gasteiger partial charge on any atom is -0.381 e. The molecule has 0 bridgehead atoms.